The molecule has 2 heterocycles. The van der Waals surface area contributed by atoms with Gasteiger partial charge < -0.3 is 10.4 Å². The monoisotopic (exact) mass is 447 g/mol. The Morgan fingerprint density at radius 2 is 1.76 bits per heavy atom. The lowest BCUT2D eigenvalue weighted by Crippen LogP contribution is -2.30. The zero-order valence-corrected chi connectivity index (χ0v) is 19.9. The summed E-state index contributed by atoms with van der Waals surface area (Å²) < 4.78 is 5.45. The minimum atomic E-state index is -0.533. The van der Waals surface area contributed by atoms with Crippen molar-refractivity contribution in [3.8, 4) is 22.4 Å². The van der Waals surface area contributed by atoms with Crippen molar-refractivity contribution >= 4 is 11.0 Å². The number of fused-ring (bicyclic) bond motifs is 1. The molecule has 1 atom stereocenters. The first kappa shape index (κ1) is 23.0. The number of aliphatic hydroxyl groups excluding tert-OH is 1. The number of rotatable bonds is 9. The molecule has 2 aromatic carbocycles. The number of hydrogen-bond donors (Lipinski definition) is 2. The van der Waals surface area contributed by atoms with Crippen molar-refractivity contribution in [3.63, 3.8) is 0 Å². The van der Waals surface area contributed by atoms with Crippen LogP contribution in [0.1, 0.15) is 26.3 Å². The van der Waals surface area contributed by atoms with Crippen LogP contribution in [-0.2, 0) is 19.6 Å². The van der Waals surface area contributed by atoms with Crippen molar-refractivity contribution in [2.45, 2.75) is 53.4 Å². The maximum atomic E-state index is 12.8. The van der Waals surface area contributed by atoms with E-state index in [1.54, 1.807) is 0 Å². The molecule has 0 aliphatic heterocycles. The number of hydrogen-bond acceptors (Lipinski definition) is 4. The summed E-state index contributed by atoms with van der Waals surface area (Å²) in [5.41, 5.74) is 6.94. The van der Waals surface area contributed by atoms with E-state index in [0.29, 0.717) is 26.2 Å². The van der Waals surface area contributed by atoms with Crippen LogP contribution in [0.25, 0.3) is 33.4 Å². The van der Waals surface area contributed by atoms with Gasteiger partial charge in [-0.3, -0.25) is 13.8 Å². The Hall–Kier alpha value is -3.16. The zero-order valence-electron chi connectivity index (χ0n) is 19.9. The fraction of sp³-hybridized carbons (Fsp3) is 0.385. The van der Waals surface area contributed by atoms with Gasteiger partial charge in [-0.05, 0) is 51.1 Å². The Bertz CT molecular complexity index is 1310. The number of nitrogens with zero attached hydrogens (tertiary/aromatic N) is 4. The van der Waals surface area contributed by atoms with Crippen molar-refractivity contribution in [1.82, 2.24) is 24.2 Å². The van der Waals surface area contributed by atoms with Gasteiger partial charge in [-0.25, -0.2) is 4.79 Å². The van der Waals surface area contributed by atoms with E-state index in [-0.39, 0.29) is 5.69 Å². The summed E-state index contributed by atoms with van der Waals surface area (Å²) in [6, 6.07) is 14.5. The van der Waals surface area contributed by atoms with Crippen LogP contribution in [0.15, 0.2) is 53.5 Å². The summed E-state index contributed by atoms with van der Waals surface area (Å²) in [6.45, 7) is 11.1. The Morgan fingerprint density at radius 3 is 2.45 bits per heavy atom. The van der Waals surface area contributed by atoms with E-state index in [1.165, 1.54) is 0 Å². The lowest BCUT2D eigenvalue weighted by atomic mass is 10.0. The van der Waals surface area contributed by atoms with Gasteiger partial charge in [-0.1, -0.05) is 36.8 Å². The van der Waals surface area contributed by atoms with E-state index in [9.17, 15) is 9.90 Å². The second-order valence-electron chi connectivity index (χ2n) is 8.42. The average Bonchev–Trinajstić information content (AvgIpc) is 3.34. The fourth-order valence-corrected chi connectivity index (χ4v) is 4.42. The number of aliphatic hydroxyl groups is 1. The van der Waals surface area contributed by atoms with Crippen LogP contribution in [0.4, 0.5) is 0 Å². The molecule has 33 heavy (non-hydrogen) atoms. The van der Waals surface area contributed by atoms with E-state index in [0.717, 1.165) is 45.5 Å². The smallest absolute Gasteiger partial charge is 0.329 e. The van der Waals surface area contributed by atoms with Gasteiger partial charge in [0.05, 0.1) is 23.7 Å². The highest BCUT2D eigenvalue weighted by atomic mass is 16.3. The van der Waals surface area contributed by atoms with E-state index in [1.807, 2.05) is 52.9 Å². The first-order valence-corrected chi connectivity index (χ1v) is 11.7. The van der Waals surface area contributed by atoms with Crippen LogP contribution >= 0.6 is 0 Å². The van der Waals surface area contributed by atoms with Crippen molar-refractivity contribution in [1.29, 1.82) is 0 Å². The molecule has 4 rings (SSSR count). The summed E-state index contributed by atoms with van der Waals surface area (Å²) in [7, 11) is 0. The normalized spacial score (nSPS) is 12.5. The number of likely N-dealkylation sites (N-methyl/N-ethyl adjacent to an activating group) is 1. The van der Waals surface area contributed by atoms with Crippen LogP contribution < -0.4 is 11.0 Å². The van der Waals surface area contributed by atoms with Crippen molar-refractivity contribution in [2.75, 3.05) is 13.1 Å². The summed E-state index contributed by atoms with van der Waals surface area (Å²) in [4.78, 5) is 12.8. The third kappa shape index (κ3) is 4.51. The number of aromatic nitrogens is 4. The lowest BCUT2D eigenvalue weighted by molar-refractivity contribution is 0.148. The maximum absolute atomic E-state index is 12.8. The third-order valence-electron chi connectivity index (χ3n) is 6.04. The number of benzene rings is 2. The molecule has 0 saturated heterocycles. The molecule has 7 nitrogen and oxygen atoms in total. The Balaban J connectivity index is 1.85. The van der Waals surface area contributed by atoms with Gasteiger partial charge in [0.1, 0.15) is 5.69 Å². The number of imidazole rings is 1. The first-order chi connectivity index (χ1) is 16.0. The number of nitrogens with one attached hydrogen (secondary N) is 1. The van der Waals surface area contributed by atoms with E-state index in [2.05, 4.69) is 42.6 Å². The highest BCUT2D eigenvalue weighted by Crippen LogP contribution is 2.33. The van der Waals surface area contributed by atoms with Crippen LogP contribution in [0.3, 0.4) is 0 Å². The standard InChI is InChI=1S/C26H33N5O2/c1-5-27-15-21(32)16-29-17-22(25(28-29)20-10-8-9-18(4)13-20)19-11-12-23-24(14-19)31(7-3)26(33)30(23)6-2/h8-14,17,21,27,32H,5-7,15-16H2,1-4H3. The fourth-order valence-electron chi connectivity index (χ4n) is 4.42. The average molecular weight is 448 g/mol. The third-order valence-corrected chi connectivity index (χ3v) is 6.04. The first-order valence-electron chi connectivity index (χ1n) is 11.7. The molecule has 0 fully saturated rings. The lowest BCUT2D eigenvalue weighted by Gasteiger charge is -2.10. The van der Waals surface area contributed by atoms with Gasteiger partial charge in [-0.15, -0.1) is 0 Å². The molecule has 1 unspecified atom stereocenters. The predicted molar refractivity (Wildman–Crippen MR) is 133 cm³/mol. The summed E-state index contributed by atoms with van der Waals surface area (Å²) in [6.07, 6.45) is 1.47. The van der Waals surface area contributed by atoms with Crippen molar-refractivity contribution in [3.05, 3.63) is 64.7 Å². The molecule has 0 aliphatic carbocycles. The molecule has 0 aliphatic rings. The highest BCUT2D eigenvalue weighted by molar-refractivity contribution is 5.87. The van der Waals surface area contributed by atoms with Gasteiger partial charge in [0.15, 0.2) is 0 Å². The number of aryl methyl sites for hydroxylation is 3. The molecule has 0 amide bonds. The summed E-state index contributed by atoms with van der Waals surface area (Å²) in [5.74, 6) is 0. The zero-order chi connectivity index (χ0) is 23.5. The van der Waals surface area contributed by atoms with Gasteiger partial charge in [0.25, 0.3) is 0 Å². The van der Waals surface area contributed by atoms with Crippen LogP contribution in [-0.4, -0.2) is 43.2 Å². The molecule has 174 valence electrons. The molecular formula is C26H33N5O2. The van der Waals surface area contributed by atoms with E-state index < -0.39 is 6.10 Å². The van der Waals surface area contributed by atoms with Crippen LogP contribution in [0, 0.1) is 6.92 Å². The Kier molecular flexibility index (Phi) is 6.81. The minimum absolute atomic E-state index is 0.0216. The Labute approximate surface area is 194 Å². The maximum Gasteiger partial charge on any atom is 0.329 e. The summed E-state index contributed by atoms with van der Waals surface area (Å²) >= 11 is 0. The second kappa shape index (κ2) is 9.77. The molecule has 7 heteroatoms. The topological polar surface area (TPSA) is 77.0 Å². The molecular weight excluding hydrogens is 414 g/mol. The van der Waals surface area contributed by atoms with Gasteiger partial charge >= 0.3 is 5.69 Å². The quantitative estimate of drug-likeness (QED) is 0.411. The molecule has 0 bridgehead atoms. The highest BCUT2D eigenvalue weighted by Gasteiger charge is 2.18. The SMILES string of the molecule is CCNCC(O)Cn1cc(-c2ccc3c(c2)n(CC)c(=O)n3CC)c(-c2cccc(C)c2)n1. The summed E-state index contributed by atoms with van der Waals surface area (Å²) in [5, 5.41) is 18.5. The van der Waals surface area contributed by atoms with E-state index >= 15 is 0 Å². The largest absolute Gasteiger partial charge is 0.390 e. The van der Waals surface area contributed by atoms with Crippen LogP contribution in [0.2, 0.25) is 0 Å². The minimum Gasteiger partial charge on any atom is -0.390 e. The van der Waals surface area contributed by atoms with Gasteiger partial charge in [0, 0.05) is 37.0 Å². The molecule has 0 spiro atoms. The Morgan fingerprint density at radius 1 is 1.00 bits per heavy atom. The van der Waals surface area contributed by atoms with Crippen LogP contribution in [0.5, 0.6) is 0 Å². The van der Waals surface area contributed by atoms with E-state index in [4.69, 9.17) is 5.10 Å². The molecule has 2 N–H and O–H groups in total. The van der Waals surface area contributed by atoms with Gasteiger partial charge in [0.2, 0.25) is 0 Å². The van der Waals surface area contributed by atoms with Crippen molar-refractivity contribution < 1.29 is 5.11 Å². The molecule has 4 aromatic rings. The van der Waals surface area contributed by atoms with Crippen molar-refractivity contribution in [2.24, 2.45) is 0 Å². The van der Waals surface area contributed by atoms with Gasteiger partial charge in [-0.2, -0.15) is 5.10 Å². The predicted octanol–water partition coefficient (Wildman–Crippen LogP) is 3.65. The second-order valence-corrected chi connectivity index (χ2v) is 8.42. The molecule has 0 radical (unpaired) electrons. The molecule has 0 saturated carbocycles. The molecule has 2 aromatic heterocycles.